The molecule has 1 aromatic heterocycles. The summed E-state index contributed by atoms with van der Waals surface area (Å²) in [5, 5.41) is 4.80. The molecule has 0 bridgehead atoms. The molecule has 17 heavy (non-hydrogen) atoms. The van der Waals surface area contributed by atoms with Gasteiger partial charge in [-0.25, -0.2) is 0 Å². The molecule has 2 heterocycles. The summed E-state index contributed by atoms with van der Waals surface area (Å²) in [6, 6.07) is 8.53. The minimum atomic E-state index is 0.417. The average molecular weight is 230 g/mol. The molecule has 0 aliphatic carbocycles. The molecule has 2 aromatic rings. The van der Waals surface area contributed by atoms with E-state index in [-0.39, 0.29) is 0 Å². The molecule has 1 fully saturated rings. The number of aromatic nitrogens is 1. The van der Waals surface area contributed by atoms with Crippen molar-refractivity contribution in [1.82, 2.24) is 10.3 Å². The topological polar surface area (TPSA) is 37.0 Å². The highest BCUT2D eigenvalue weighted by molar-refractivity contribution is 5.82. The molecule has 1 aliphatic heterocycles. The van der Waals surface area contributed by atoms with Crippen molar-refractivity contribution in [3.63, 3.8) is 0 Å². The van der Waals surface area contributed by atoms with Gasteiger partial charge in [0.2, 0.25) is 0 Å². The Morgan fingerprint density at radius 2 is 2.35 bits per heavy atom. The molecule has 3 nitrogen and oxygen atoms in total. The molecule has 90 valence electrons. The maximum atomic E-state index is 5.59. The lowest BCUT2D eigenvalue weighted by Crippen LogP contribution is -2.25. The van der Waals surface area contributed by atoms with Crippen molar-refractivity contribution < 1.29 is 4.74 Å². The summed E-state index contributed by atoms with van der Waals surface area (Å²) in [5.41, 5.74) is 2.56. The highest BCUT2D eigenvalue weighted by Gasteiger charge is 2.14. The van der Waals surface area contributed by atoms with Gasteiger partial charge < -0.3 is 15.0 Å². The van der Waals surface area contributed by atoms with E-state index in [4.69, 9.17) is 4.74 Å². The molecular weight excluding hydrogens is 212 g/mol. The Hall–Kier alpha value is -1.32. The number of aromatic amines is 1. The van der Waals surface area contributed by atoms with E-state index in [0.717, 1.165) is 19.7 Å². The van der Waals surface area contributed by atoms with Gasteiger partial charge in [-0.05, 0) is 30.5 Å². The summed E-state index contributed by atoms with van der Waals surface area (Å²) in [5.74, 6) is 0. The van der Waals surface area contributed by atoms with Crippen molar-refractivity contribution in [2.24, 2.45) is 0 Å². The maximum absolute atomic E-state index is 5.59. The monoisotopic (exact) mass is 230 g/mol. The third-order valence-electron chi connectivity index (χ3n) is 3.40. The van der Waals surface area contributed by atoms with E-state index in [2.05, 4.69) is 34.6 Å². The second-order valence-corrected chi connectivity index (χ2v) is 4.62. The highest BCUT2D eigenvalue weighted by atomic mass is 16.5. The SMILES string of the molecule is c1cc(CNC[C@H]2CCCO2)c2cc[nH]c2c1. The van der Waals surface area contributed by atoms with Gasteiger partial charge in [0.05, 0.1) is 6.10 Å². The van der Waals surface area contributed by atoms with E-state index in [1.165, 1.54) is 29.3 Å². The molecule has 1 aromatic carbocycles. The van der Waals surface area contributed by atoms with Crippen LogP contribution >= 0.6 is 0 Å². The molecule has 1 aliphatic rings. The smallest absolute Gasteiger partial charge is 0.0700 e. The molecule has 0 saturated carbocycles. The average Bonchev–Trinajstić information content (AvgIpc) is 2.99. The first-order valence-electron chi connectivity index (χ1n) is 6.31. The number of hydrogen-bond donors (Lipinski definition) is 2. The Bertz CT molecular complexity index is 486. The van der Waals surface area contributed by atoms with Crippen LogP contribution in [0.3, 0.4) is 0 Å². The molecule has 0 radical (unpaired) electrons. The zero-order valence-corrected chi connectivity index (χ0v) is 9.91. The lowest BCUT2D eigenvalue weighted by Gasteiger charge is -2.11. The lowest BCUT2D eigenvalue weighted by molar-refractivity contribution is 0.110. The standard InChI is InChI=1S/C14H18N2O/c1-3-11(13-6-7-16-14(13)5-1)9-15-10-12-4-2-8-17-12/h1,3,5-7,12,15-16H,2,4,8-10H2/t12-/m1/s1. The molecule has 3 heteroatoms. The maximum Gasteiger partial charge on any atom is 0.0700 e. The van der Waals surface area contributed by atoms with Crippen molar-refractivity contribution in [2.45, 2.75) is 25.5 Å². The fourth-order valence-corrected chi connectivity index (χ4v) is 2.48. The fraction of sp³-hybridized carbons (Fsp3) is 0.429. The number of nitrogens with one attached hydrogen (secondary N) is 2. The molecule has 0 unspecified atom stereocenters. The van der Waals surface area contributed by atoms with Gasteiger partial charge in [-0.1, -0.05) is 12.1 Å². The van der Waals surface area contributed by atoms with Crippen LogP contribution in [0.25, 0.3) is 10.9 Å². The molecule has 0 spiro atoms. The van der Waals surface area contributed by atoms with Crippen molar-refractivity contribution in [2.75, 3.05) is 13.2 Å². The third-order valence-corrected chi connectivity index (χ3v) is 3.40. The first-order valence-corrected chi connectivity index (χ1v) is 6.31. The van der Waals surface area contributed by atoms with Crippen LogP contribution in [0.15, 0.2) is 30.5 Å². The van der Waals surface area contributed by atoms with Gasteiger partial charge in [0.25, 0.3) is 0 Å². The van der Waals surface area contributed by atoms with Gasteiger partial charge in [-0.2, -0.15) is 0 Å². The van der Waals surface area contributed by atoms with Gasteiger partial charge in [0, 0.05) is 36.8 Å². The minimum Gasteiger partial charge on any atom is -0.377 e. The Labute approximate surface area is 101 Å². The fourth-order valence-electron chi connectivity index (χ4n) is 2.48. The Morgan fingerprint density at radius 1 is 1.35 bits per heavy atom. The van der Waals surface area contributed by atoms with Crippen molar-refractivity contribution in [3.05, 3.63) is 36.0 Å². The Balaban J connectivity index is 1.62. The normalized spacial score (nSPS) is 20.1. The van der Waals surface area contributed by atoms with Gasteiger partial charge in [0.15, 0.2) is 0 Å². The molecule has 0 amide bonds. The lowest BCUT2D eigenvalue weighted by atomic mass is 10.1. The largest absolute Gasteiger partial charge is 0.377 e. The zero-order chi connectivity index (χ0) is 11.5. The molecule has 1 atom stereocenters. The summed E-state index contributed by atoms with van der Waals surface area (Å²) >= 11 is 0. The van der Waals surface area contributed by atoms with Crippen LogP contribution in [0.2, 0.25) is 0 Å². The van der Waals surface area contributed by atoms with Crippen LogP contribution in [0.4, 0.5) is 0 Å². The number of rotatable bonds is 4. The van der Waals surface area contributed by atoms with Crippen LogP contribution in [0.5, 0.6) is 0 Å². The zero-order valence-electron chi connectivity index (χ0n) is 9.91. The van der Waals surface area contributed by atoms with E-state index >= 15 is 0 Å². The third kappa shape index (κ3) is 2.35. The van der Waals surface area contributed by atoms with Crippen LogP contribution in [0.1, 0.15) is 18.4 Å². The summed E-state index contributed by atoms with van der Waals surface area (Å²) in [4.78, 5) is 3.24. The van der Waals surface area contributed by atoms with E-state index in [1.807, 2.05) is 6.20 Å². The Morgan fingerprint density at radius 3 is 3.24 bits per heavy atom. The summed E-state index contributed by atoms with van der Waals surface area (Å²) < 4.78 is 5.59. The van der Waals surface area contributed by atoms with E-state index in [0.29, 0.717) is 6.10 Å². The van der Waals surface area contributed by atoms with Crippen LogP contribution in [-0.4, -0.2) is 24.2 Å². The van der Waals surface area contributed by atoms with Crippen molar-refractivity contribution in [3.8, 4) is 0 Å². The van der Waals surface area contributed by atoms with Gasteiger partial charge in [-0.3, -0.25) is 0 Å². The number of fused-ring (bicyclic) bond motifs is 1. The predicted molar refractivity (Wildman–Crippen MR) is 69.0 cm³/mol. The van der Waals surface area contributed by atoms with Gasteiger partial charge in [0.1, 0.15) is 0 Å². The van der Waals surface area contributed by atoms with Gasteiger partial charge >= 0.3 is 0 Å². The Kier molecular flexibility index (Phi) is 3.12. The minimum absolute atomic E-state index is 0.417. The van der Waals surface area contributed by atoms with Crippen LogP contribution < -0.4 is 5.32 Å². The van der Waals surface area contributed by atoms with Gasteiger partial charge in [-0.15, -0.1) is 0 Å². The quantitative estimate of drug-likeness (QED) is 0.846. The van der Waals surface area contributed by atoms with Crippen LogP contribution in [0, 0.1) is 0 Å². The molecular formula is C14H18N2O. The predicted octanol–water partition coefficient (Wildman–Crippen LogP) is 2.44. The van der Waals surface area contributed by atoms with E-state index in [1.54, 1.807) is 0 Å². The first-order chi connectivity index (χ1) is 8.43. The number of benzene rings is 1. The molecule has 1 saturated heterocycles. The summed E-state index contributed by atoms with van der Waals surface area (Å²) in [6.07, 6.45) is 4.82. The highest BCUT2D eigenvalue weighted by Crippen LogP contribution is 2.17. The number of H-pyrrole nitrogens is 1. The second-order valence-electron chi connectivity index (χ2n) is 4.62. The van der Waals surface area contributed by atoms with E-state index in [9.17, 15) is 0 Å². The molecule has 3 rings (SSSR count). The summed E-state index contributed by atoms with van der Waals surface area (Å²) in [6.45, 7) is 2.80. The number of hydrogen-bond acceptors (Lipinski definition) is 2. The van der Waals surface area contributed by atoms with E-state index < -0.39 is 0 Å². The summed E-state index contributed by atoms with van der Waals surface area (Å²) in [7, 11) is 0. The molecule has 2 N–H and O–H groups in total. The first kappa shape index (κ1) is 10.8. The van der Waals surface area contributed by atoms with Crippen LogP contribution in [-0.2, 0) is 11.3 Å². The second kappa shape index (κ2) is 4.90. The van der Waals surface area contributed by atoms with Crippen molar-refractivity contribution >= 4 is 10.9 Å². The van der Waals surface area contributed by atoms with Crippen molar-refractivity contribution in [1.29, 1.82) is 0 Å². The number of ether oxygens (including phenoxy) is 1.